The Labute approximate surface area is 106 Å². The van der Waals surface area contributed by atoms with Crippen molar-refractivity contribution < 1.29 is 0 Å². The Morgan fingerprint density at radius 1 is 1.29 bits per heavy atom. The highest BCUT2D eigenvalue weighted by Gasteiger charge is 2.15. The smallest absolute Gasteiger partial charge is 0.225 e. The van der Waals surface area contributed by atoms with Crippen LogP contribution in [0.5, 0.6) is 0 Å². The van der Waals surface area contributed by atoms with Crippen LogP contribution >= 0.6 is 58.0 Å². The first-order valence-corrected chi connectivity index (χ1v) is 5.20. The third-order valence-corrected chi connectivity index (χ3v) is 1.90. The van der Waals surface area contributed by atoms with Gasteiger partial charge in [0.1, 0.15) is 0 Å². The van der Waals surface area contributed by atoms with E-state index >= 15 is 0 Å². The quantitative estimate of drug-likeness (QED) is 0.554. The summed E-state index contributed by atoms with van der Waals surface area (Å²) in [6.45, 7) is 0. The molecule has 0 N–H and O–H groups in total. The second-order valence-corrected chi connectivity index (χ2v) is 5.47. The maximum atomic E-state index is 5.77. The molecule has 0 atom stereocenters. The minimum absolute atomic E-state index is 0.252. The number of halogens is 5. The monoisotopic (exact) mass is 290 g/mol. The van der Waals surface area contributed by atoms with Gasteiger partial charge in [-0.2, -0.15) is 0 Å². The Morgan fingerprint density at radius 2 is 1.93 bits per heavy atom. The van der Waals surface area contributed by atoms with E-state index in [1.807, 2.05) is 0 Å². The van der Waals surface area contributed by atoms with Crippen molar-refractivity contribution in [3.05, 3.63) is 22.3 Å². The molecule has 0 radical (unpaired) electrons. The second-order valence-electron chi connectivity index (χ2n) is 2.26. The Kier molecular flexibility index (Phi) is 4.29. The van der Waals surface area contributed by atoms with Gasteiger partial charge >= 0.3 is 0 Å². The van der Waals surface area contributed by atoms with Crippen LogP contribution in [0.1, 0.15) is 0 Å². The number of hydrogen-bond donors (Lipinski definition) is 0. The third-order valence-electron chi connectivity index (χ3n) is 1.12. The van der Waals surface area contributed by atoms with Crippen LogP contribution in [-0.2, 0) is 0 Å². The Hall–Kier alpha value is 0.270. The molecule has 1 aromatic heterocycles. The molecule has 0 amide bonds. The van der Waals surface area contributed by atoms with Crippen LogP contribution in [-0.4, -0.2) is 15.0 Å². The first-order chi connectivity index (χ1) is 6.38. The van der Waals surface area contributed by atoms with E-state index in [1.54, 1.807) is 0 Å². The lowest BCUT2D eigenvalue weighted by Crippen LogP contribution is -2.02. The van der Waals surface area contributed by atoms with Gasteiger partial charge in [-0.1, -0.05) is 58.0 Å². The van der Waals surface area contributed by atoms with Crippen LogP contribution in [0.4, 0.5) is 5.82 Å². The van der Waals surface area contributed by atoms with E-state index in [4.69, 9.17) is 58.0 Å². The average molecular weight is 292 g/mol. The first-order valence-electron chi connectivity index (χ1n) is 3.31. The minimum Gasteiger partial charge on any atom is -0.236 e. The van der Waals surface area contributed by atoms with E-state index in [0.29, 0.717) is 10.0 Å². The van der Waals surface area contributed by atoms with Gasteiger partial charge in [0.15, 0.2) is 5.82 Å². The predicted molar refractivity (Wildman–Crippen MR) is 62.7 cm³/mol. The van der Waals surface area contributed by atoms with Gasteiger partial charge < -0.3 is 0 Å². The van der Waals surface area contributed by atoms with Gasteiger partial charge in [-0.05, 0) is 6.07 Å². The van der Waals surface area contributed by atoms with Crippen molar-refractivity contribution in [3.8, 4) is 0 Å². The van der Waals surface area contributed by atoms with E-state index in [-0.39, 0.29) is 5.82 Å². The molecule has 0 aliphatic carbocycles. The van der Waals surface area contributed by atoms with Crippen molar-refractivity contribution >= 4 is 70.0 Å². The molecule has 76 valence electrons. The SMILES string of the molecule is Clc1cnc(/N=C/C(Cl)(Cl)Cl)c(Cl)c1. The number of nitrogens with zero attached hydrogens (tertiary/aromatic N) is 2. The molecule has 1 heterocycles. The number of aromatic nitrogens is 1. The Bertz CT molecular complexity index is 358. The number of alkyl halides is 3. The van der Waals surface area contributed by atoms with Crippen molar-refractivity contribution in [1.82, 2.24) is 4.98 Å². The van der Waals surface area contributed by atoms with Crippen LogP contribution in [0.25, 0.3) is 0 Å². The summed E-state index contributed by atoms with van der Waals surface area (Å²) in [5.41, 5.74) is 0. The van der Waals surface area contributed by atoms with Crippen LogP contribution in [0, 0.1) is 0 Å². The summed E-state index contributed by atoms with van der Waals surface area (Å²) < 4.78 is -1.56. The van der Waals surface area contributed by atoms with Crippen molar-refractivity contribution in [1.29, 1.82) is 0 Å². The molecule has 0 saturated carbocycles. The molecule has 2 nitrogen and oxygen atoms in total. The van der Waals surface area contributed by atoms with E-state index in [9.17, 15) is 0 Å². The van der Waals surface area contributed by atoms with Crippen molar-refractivity contribution in [3.63, 3.8) is 0 Å². The van der Waals surface area contributed by atoms with Crippen LogP contribution in [0.3, 0.4) is 0 Å². The molecule has 14 heavy (non-hydrogen) atoms. The topological polar surface area (TPSA) is 25.2 Å². The van der Waals surface area contributed by atoms with Crippen molar-refractivity contribution in [2.75, 3.05) is 0 Å². The molecule has 0 aromatic carbocycles. The zero-order valence-electron chi connectivity index (χ0n) is 6.52. The van der Waals surface area contributed by atoms with E-state index in [2.05, 4.69) is 9.98 Å². The molecule has 0 saturated heterocycles. The number of hydrogen-bond acceptors (Lipinski definition) is 2. The van der Waals surface area contributed by atoms with Gasteiger partial charge in [0, 0.05) is 6.20 Å². The molecule has 0 aliphatic rings. The maximum absolute atomic E-state index is 5.77. The fourth-order valence-electron chi connectivity index (χ4n) is 0.637. The third kappa shape index (κ3) is 4.20. The average Bonchev–Trinajstić information content (AvgIpc) is 2.00. The summed E-state index contributed by atoms with van der Waals surface area (Å²) in [6.07, 6.45) is 2.51. The molecule has 0 aliphatic heterocycles. The Morgan fingerprint density at radius 3 is 2.43 bits per heavy atom. The zero-order chi connectivity index (χ0) is 10.8. The van der Waals surface area contributed by atoms with Gasteiger partial charge in [0.2, 0.25) is 3.79 Å². The fraction of sp³-hybridized carbons (Fsp3) is 0.143. The highest BCUT2D eigenvalue weighted by Crippen LogP contribution is 2.28. The highest BCUT2D eigenvalue weighted by molar-refractivity contribution is 6.74. The summed E-state index contributed by atoms with van der Waals surface area (Å²) in [6, 6.07) is 1.50. The summed E-state index contributed by atoms with van der Waals surface area (Å²) in [5.74, 6) is 0.252. The lowest BCUT2D eigenvalue weighted by atomic mass is 10.4. The highest BCUT2D eigenvalue weighted by atomic mass is 35.6. The molecule has 0 fully saturated rings. The largest absolute Gasteiger partial charge is 0.236 e. The van der Waals surface area contributed by atoms with Gasteiger partial charge in [-0.3, -0.25) is 0 Å². The number of aliphatic imine (C=N–C) groups is 1. The van der Waals surface area contributed by atoms with E-state index in [0.717, 1.165) is 6.21 Å². The maximum Gasteiger partial charge on any atom is 0.225 e. The summed E-state index contributed by atoms with van der Waals surface area (Å²) >= 11 is 27.8. The molecule has 0 bridgehead atoms. The van der Waals surface area contributed by atoms with Gasteiger partial charge in [0.05, 0.1) is 16.3 Å². The first kappa shape index (κ1) is 12.3. The molecular formula is C7H3Cl5N2. The summed E-state index contributed by atoms with van der Waals surface area (Å²) in [5, 5.41) is 0.714. The zero-order valence-corrected chi connectivity index (χ0v) is 10.3. The van der Waals surface area contributed by atoms with Gasteiger partial charge in [0.25, 0.3) is 0 Å². The van der Waals surface area contributed by atoms with Gasteiger partial charge in [-0.25, -0.2) is 9.98 Å². The lowest BCUT2D eigenvalue weighted by molar-refractivity contribution is 1.27. The summed E-state index contributed by atoms with van der Waals surface area (Å²) in [7, 11) is 0. The number of rotatable bonds is 1. The fourth-order valence-corrected chi connectivity index (χ4v) is 1.21. The standard InChI is InChI=1S/C7H3Cl5N2/c8-4-1-5(9)6(13-2-4)14-3-7(10,11)12/h1-3H/b14-3+. The molecule has 7 heteroatoms. The van der Waals surface area contributed by atoms with Crippen LogP contribution in [0.2, 0.25) is 10.0 Å². The number of pyridine rings is 1. The molecule has 0 spiro atoms. The van der Waals surface area contributed by atoms with Crippen LogP contribution in [0.15, 0.2) is 17.3 Å². The lowest BCUT2D eigenvalue weighted by Gasteiger charge is -2.02. The second kappa shape index (κ2) is 4.86. The van der Waals surface area contributed by atoms with E-state index < -0.39 is 3.79 Å². The molecule has 0 unspecified atom stereocenters. The van der Waals surface area contributed by atoms with Crippen molar-refractivity contribution in [2.45, 2.75) is 3.79 Å². The molecule has 1 rings (SSSR count). The van der Waals surface area contributed by atoms with Crippen molar-refractivity contribution in [2.24, 2.45) is 4.99 Å². The molecular weight excluding hydrogens is 289 g/mol. The minimum atomic E-state index is -1.56. The predicted octanol–water partition coefficient (Wildman–Crippen LogP) is 4.46. The Balaban J connectivity index is 2.93. The normalized spacial score (nSPS) is 12.4. The summed E-state index contributed by atoms with van der Waals surface area (Å²) in [4.78, 5) is 7.64. The van der Waals surface area contributed by atoms with Gasteiger partial charge in [-0.15, -0.1) is 0 Å². The molecule has 1 aromatic rings. The van der Waals surface area contributed by atoms with E-state index in [1.165, 1.54) is 12.3 Å². The van der Waals surface area contributed by atoms with Crippen LogP contribution < -0.4 is 0 Å².